The summed E-state index contributed by atoms with van der Waals surface area (Å²) in [6.45, 7) is 2.84. The van der Waals surface area contributed by atoms with E-state index < -0.39 is 5.97 Å². The number of hydrogen-bond acceptors (Lipinski definition) is 6. The molecule has 2 N–H and O–H groups in total. The van der Waals surface area contributed by atoms with Gasteiger partial charge in [-0.3, -0.25) is 9.59 Å². The van der Waals surface area contributed by atoms with Crippen molar-refractivity contribution >= 4 is 29.2 Å². The van der Waals surface area contributed by atoms with E-state index in [1.54, 1.807) is 24.4 Å². The molecule has 1 aliphatic rings. The van der Waals surface area contributed by atoms with Crippen molar-refractivity contribution < 1.29 is 14.7 Å². The molecule has 130 valence electrons. The molecule has 1 aromatic carbocycles. The van der Waals surface area contributed by atoms with Crippen LogP contribution in [0.2, 0.25) is 0 Å². The molecule has 1 saturated heterocycles. The van der Waals surface area contributed by atoms with Gasteiger partial charge in [-0.25, -0.2) is 4.98 Å². The molecule has 0 bridgehead atoms. The number of benzene rings is 1. The van der Waals surface area contributed by atoms with Crippen LogP contribution in [0.4, 0.5) is 17.5 Å². The Balaban J connectivity index is 1.71. The van der Waals surface area contributed by atoms with Gasteiger partial charge in [0.1, 0.15) is 5.82 Å². The standard InChI is InChI=1S/C18H20N4O3/c1-12(23)14-3-2-4-15(11-14)20-18-19-8-5-16(21-18)22-9-6-13(7-10-22)17(24)25/h2-5,8,11,13H,6-7,9-10H2,1H3,(H,24,25)(H,19,20,21). The van der Waals surface area contributed by atoms with Crippen LogP contribution in [0.15, 0.2) is 36.5 Å². The second-order valence-electron chi connectivity index (χ2n) is 6.10. The van der Waals surface area contributed by atoms with Crippen molar-refractivity contribution in [3.05, 3.63) is 42.1 Å². The number of anilines is 3. The van der Waals surface area contributed by atoms with Gasteiger partial charge in [0, 0.05) is 30.5 Å². The molecule has 0 saturated carbocycles. The number of nitrogens with one attached hydrogen (secondary N) is 1. The van der Waals surface area contributed by atoms with E-state index in [0.717, 1.165) is 11.5 Å². The Kier molecular flexibility index (Phi) is 4.92. The van der Waals surface area contributed by atoms with Crippen LogP contribution >= 0.6 is 0 Å². The number of ketones is 1. The Hall–Kier alpha value is -2.96. The lowest BCUT2D eigenvalue weighted by Crippen LogP contribution is -2.36. The Morgan fingerprint density at radius 2 is 2.00 bits per heavy atom. The van der Waals surface area contributed by atoms with Gasteiger partial charge in [0.2, 0.25) is 5.95 Å². The number of Topliss-reactive ketones (excluding diaryl/α,β-unsaturated/α-hetero) is 1. The molecular formula is C18H20N4O3. The van der Waals surface area contributed by atoms with Gasteiger partial charge in [0.05, 0.1) is 5.92 Å². The quantitative estimate of drug-likeness (QED) is 0.808. The topological polar surface area (TPSA) is 95.4 Å². The molecule has 0 unspecified atom stereocenters. The lowest BCUT2D eigenvalue weighted by atomic mass is 9.97. The molecule has 1 aromatic heterocycles. The highest BCUT2D eigenvalue weighted by Gasteiger charge is 2.25. The van der Waals surface area contributed by atoms with Gasteiger partial charge >= 0.3 is 5.97 Å². The lowest BCUT2D eigenvalue weighted by Gasteiger charge is -2.31. The van der Waals surface area contributed by atoms with Crippen LogP contribution in [0.5, 0.6) is 0 Å². The Morgan fingerprint density at radius 1 is 1.24 bits per heavy atom. The number of carboxylic acid groups (broad SMARTS) is 1. The first kappa shape index (κ1) is 16.9. The Bertz CT molecular complexity index is 785. The summed E-state index contributed by atoms with van der Waals surface area (Å²) in [5, 5.41) is 12.2. The molecule has 7 nitrogen and oxygen atoms in total. The molecular weight excluding hydrogens is 320 g/mol. The number of aromatic nitrogens is 2. The van der Waals surface area contributed by atoms with E-state index in [1.807, 2.05) is 12.1 Å². The van der Waals surface area contributed by atoms with Gasteiger partial charge in [-0.1, -0.05) is 12.1 Å². The number of hydrogen-bond donors (Lipinski definition) is 2. The molecule has 0 atom stereocenters. The summed E-state index contributed by atoms with van der Waals surface area (Å²) in [4.78, 5) is 33.3. The van der Waals surface area contributed by atoms with E-state index in [4.69, 9.17) is 5.11 Å². The summed E-state index contributed by atoms with van der Waals surface area (Å²) >= 11 is 0. The first-order valence-corrected chi connectivity index (χ1v) is 8.22. The second-order valence-corrected chi connectivity index (χ2v) is 6.10. The monoisotopic (exact) mass is 340 g/mol. The van der Waals surface area contributed by atoms with Gasteiger partial charge in [0.25, 0.3) is 0 Å². The van der Waals surface area contributed by atoms with Crippen molar-refractivity contribution in [1.82, 2.24) is 9.97 Å². The zero-order chi connectivity index (χ0) is 17.8. The van der Waals surface area contributed by atoms with E-state index in [9.17, 15) is 9.59 Å². The van der Waals surface area contributed by atoms with E-state index in [1.165, 1.54) is 6.92 Å². The van der Waals surface area contributed by atoms with Crippen molar-refractivity contribution in [3.63, 3.8) is 0 Å². The minimum absolute atomic E-state index is 0.000351. The average Bonchev–Trinajstić information content (AvgIpc) is 2.62. The molecule has 0 radical (unpaired) electrons. The Labute approximate surface area is 145 Å². The van der Waals surface area contributed by atoms with Gasteiger partial charge in [-0.15, -0.1) is 0 Å². The van der Waals surface area contributed by atoms with Crippen LogP contribution < -0.4 is 10.2 Å². The van der Waals surface area contributed by atoms with Crippen LogP contribution in [-0.2, 0) is 4.79 Å². The molecule has 0 amide bonds. The molecule has 2 aromatic rings. The van der Waals surface area contributed by atoms with Crippen LogP contribution in [0, 0.1) is 5.92 Å². The van der Waals surface area contributed by atoms with Crippen molar-refractivity contribution in [2.75, 3.05) is 23.3 Å². The zero-order valence-corrected chi connectivity index (χ0v) is 14.0. The van der Waals surface area contributed by atoms with Crippen LogP contribution in [0.3, 0.4) is 0 Å². The summed E-state index contributed by atoms with van der Waals surface area (Å²) in [5.41, 5.74) is 1.37. The lowest BCUT2D eigenvalue weighted by molar-refractivity contribution is -0.142. The summed E-state index contributed by atoms with van der Waals surface area (Å²) in [6, 6.07) is 8.99. The minimum atomic E-state index is -0.727. The first-order valence-electron chi connectivity index (χ1n) is 8.22. The maximum Gasteiger partial charge on any atom is 0.306 e. The third kappa shape index (κ3) is 4.12. The first-order chi connectivity index (χ1) is 12.0. The molecule has 7 heteroatoms. The fourth-order valence-corrected chi connectivity index (χ4v) is 2.89. The highest BCUT2D eigenvalue weighted by molar-refractivity contribution is 5.95. The normalized spacial score (nSPS) is 15.0. The molecule has 2 heterocycles. The number of aliphatic carboxylic acids is 1. The van der Waals surface area contributed by atoms with E-state index in [2.05, 4.69) is 20.2 Å². The summed E-state index contributed by atoms with van der Waals surface area (Å²) in [5.74, 6) is 0.210. The Morgan fingerprint density at radius 3 is 2.68 bits per heavy atom. The molecule has 1 fully saturated rings. The SMILES string of the molecule is CC(=O)c1cccc(Nc2nccc(N3CCC(C(=O)O)CC3)n2)c1. The van der Waals surface area contributed by atoms with Gasteiger partial charge < -0.3 is 15.3 Å². The maximum absolute atomic E-state index is 11.5. The van der Waals surface area contributed by atoms with E-state index in [-0.39, 0.29) is 11.7 Å². The maximum atomic E-state index is 11.5. The molecule has 3 rings (SSSR count). The predicted octanol–water partition coefficient (Wildman–Crippen LogP) is 2.72. The van der Waals surface area contributed by atoms with Gasteiger partial charge in [-0.05, 0) is 38.0 Å². The van der Waals surface area contributed by atoms with Crippen LogP contribution in [0.1, 0.15) is 30.1 Å². The smallest absolute Gasteiger partial charge is 0.306 e. The summed E-state index contributed by atoms with van der Waals surface area (Å²) in [7, 11) is 0. The van der Waals surface area contributed by atoms with E-state index in [0.29, 0.717) is 37.4 Å². The second kappa shape index (κ2) is 7.29. The highest BCUT2D eigenvalue weighted by Crippen LogP contribution is 2.23. The minimum Gasteiger partial charge on any atom is -0.481 e. The number of nitrogens with zero attached hydrogens (tertiary/aromatic N) is 3. The fraction of sp³-hybridized carbons (Fsp3) is 0.333. The number of carbonyl (C=O) groups is 2. The molecule has 0 spiro atoms. The summed E-state index contributed by atoms with van der Waals surface area (Å²) < 4.78 is 0. The van der Waals surface area contributed by atoms with Crippen LogP contribution in [0.25, 0.3) is 0 Å². The number of piperidine rings is 1. The third-order valence-electron chi connectivity index (χ3n) is 4.33. The van der Waals surface area contributed by atoms with Crippen LogP contribution in [-0.4, -0.2) is 39.9 Å². The third-order valence-corrected chi connectivity index (χ3v) is 4.33. The molecule has 25 heavy (non-hydrogen) atoms. The van der Waals surface area contributed by atoms with Crippen molar-refractivity contribution in [2.45, 2.75) is 19.8 Å². The van der Waals surface area contributed by atoms with Gasteiger partial charge in [0.15, 0.2) is 5.78 Å². The number of carbonyl (C=O) groups excluding carboxylic acids is 1. The summed E-state index contributed by atoms with van der Waals surface area (Å²) in [6.07, 6.45) is 2.90. The average molecular weight is 340 g/mol. The largest absolute Gasteiger partial charge is 0.481 e. The molecule has 1 aliphatic heterocycles. The van der Waals surface area contributed by atoms with Crippen molar-refractivity contribution in [1.29, 1.82) is 0 Å². The number of rotatable bonds is 5. The zero-order valence-electron chi connectivity index (χ0n) is 14.0. The molecule has 0 aliphatic carbocycles. The van der Waals surface area contributed by atoms with Crippen molar-refractivity contribution in [3.8, 4) is 0 Å². The predicted molar refractivity (Wildman–Crippen MR) is 94.3 cm³/mol. The van der Waals surface area contributed by atoms with Crippen molar-refractivity contribution in [2.24, 2.45) is 5.92 Å². The highest BCUT2D eigenvalue weighted by atomic mass is 16.4. The van der Waals surface area contributed by atoms with Gasteiger partial charge in [-0.2, -0.15) is 4.98 Å². The number of carboxylic acids is 1. The van der Waals surface area contributed by atoms with E-state index >= 15 is 0 Å². The fourth-order valence-electron chi connectivity index (χ4n) is 2.89.